The molecular formula is C5H12NO2P. The van der Waals surface area contributed by atoms with Crippen molar-refractivity contribution < 1.29 is 9.84 Å². The highest BCUT2D eigenvalue weighted by molar-refractivity contribution is 7.17. The van der Waals surface area contributed by atoms with E-state index < -0.39 is 6.29 Å². The summed E-state index contributed by atoms with van der Waals surface area (Å²) >= 11 is 0. The maximum absolute atomic E-state index is 8.98. The Labute approximate surface area is 56.8 Å². The van der Waals surface area contributed by atoms with Crippen LogP contribution in [0.4, 0.5) is 0 Å². The molecule has 1 rings (SSSR count). The average molecular weight is 149 g/mol. The highest BCUT2D eigenvalue weighted by Crippen LogP contribution is 2.27. The van der Waals surface area contributed by atoms with Gasteiger partial charge in [-0.1, -0.05) is 6.92 Å². The molecule has 0 aromatic carbocycles. The predicted molar refractivity (Wildman–Crippen MR) is 37.7 cm³/mol. The van der Waals surface area contributed by atoms with Gasteiger partial charge in [0.2, 0.25) is 0 Å². The third-order valence-corrected chi connectivity index (χ3v) is 2.52. The van der Waals surface area contributed by atoms with Crippen LogP contribution in [-0.2, 0) is 4.74 Å². The van der Waals surface area contributed by atoms with Crippen molar-refractivity contribution in [3.05, 3.63) is 0 Å². The van der Waals surface area contributed by atoms with Crippen LogP contribution < -0.4 is 5.73 Å². The smallest absolute Gasteiger partial charge is 0.170 e. The molecule has 0 bridgehead atoms. The summed E-state index contributed by atoms with van der Waals surface area (Å²) in [5.74, 6) is 0.236. The van der Waals surface area contributed by atoms with Crippen molar-refractivity contribution in [3.63, 3.8) is 0 Å². The van der Waals surface area contributed by atoms with Crippen LogP contribution in [0.2, 0.25) is 0 Å². The maximum atomic E-state index is 8.98. The zero-order valence-corrected chi connectivity index (χ0v) is 6.47. The average Bonchev–Trinajstić information content (AvgIpc) is 1.98. The van der Waals surface area contributed by atoms with Crippen molar-refractivity contribution in [2.45, 2.75) is 25.1 Å². The second kappa shape index (κ2) is 2.51. The molecule has 0 radical (unpaired) electrons. The molecule has 0 aromatic heterocycles. The number of rotatable bonds is 0. The Hall–Kier alpha value is 0.310. The first kappa shape index (κ1) is 7.42. The fourth-order valence-corrected chi connectivity index (χ4v) is 1.27. The van der Waals surface area contributed by atoms with Crippen LogP contribution in [0.3, 0.4) is 0 Å². The second-order valence-corrected chi connectivity index (χ2v) is 3.08. The first-order chi connectivity index (χ1) is 4.13. The summed E-state index contributed by atoms with van der Waals surface area (Å²) in [7, 11) is 2.50. The molecule has 54 valence electrons. The fourth-order valence-electron chi connectivity index (χ4n) is 0.854. The number of aliphatic hydroxyl groups is 1. The topological polar surface area (TPSA) is 55.5 Å². The molecule has 0 amide bonds. The Balaban J connectivity index is 2.54. The van der Waals surface area contributed by atoms with E-state index in [1.165, 1.54) is 0 Å². The molecule has 9 heavy (non-hydrogen) atoms. The Morgan fingerprint density at radius 2 is 2.22 bits per heavy atom. The van der Waals surface area contributed by atoms with Crippen LogP contribution >= 0.6 is 9.24 Å². The lowest BCUT2D eigenvalue weighted by molar-refractivity contribution is -0.0751. The molecule has 0 spiro atoms. The first-order valence-corrected chi connectivity index (χ1v) is 3.64. The van der Waals surface area contributed by atoms with Crippen LogP contribution in [0.25, 0.3) is 0 Å². The van der Waals surface area contributed by atoms with Crippen molar-refractivity contribution in [2.24, 2.45) is 11.7 Å². The number of ether oxygens (including phenoxy) is 1. The normalized spacial score (nSPS) is 52.0. The van der Waals surface area contributed by atoms with E-state index in [0.717, 1.165) is 0 Å². The number of hydrogen-bond acceptors (Lipinski definition) is 3. The minimum Gasteiger partial charge on any atom is -0.367 e. The highest BCUT2D eigenvalue weighted by atomic mass is 31.0. The SMILES string of the molecule is C[C@@H]1[C@H](N)[C@H](O)O[C@H]1P. The van der Waals surface area contributed by atoms with Crippen LogP contribution in [0.5, 0.6) is 0 Å². The summed E-state index contributed by atoms with van der Waals surface area (Å²) in [6.07, 6.45) is -0.775. The third kappa shape index (κ3) is 1.24. The minimum absolute atomic E-state index is 0.00926. The largest absolute Gasteiger partial charge is 0.367 e. The van der Waals surface area contributed by atoms with Crippen molar-refractivity contribution in [1.29, 1.82) is 0 Å². The van der Waals surface area contributed by atoms with Gasteiger partial charge in [-0.2, -0.15) is 0 Å². The Morgan fingerprint density at radius 1 is 1.67 bits per heavy atom. The van der Waals surface area contributed by atoms with Gasteiger partial charge >= 0.3 is 0 Å². The minimum atomic E-state index is -0.775. The van der Waals surface area contributed by atoms with E-state index in [2.05, 4.69) is 9.24 Å². The summed E-state index contributed by atoms with van der Waals surface area (Å²) in [6, 6.07) is -0.229. The monoisotopic (exact) mass is 149 g/mol. The molecular weight excluding hydrogens is 137 g/mol. The summed E-state index contributed by atoms with van der Waals surface area (Å²) in [5, 5.41) is 8.98. The van der Waals surface area contributed by atoms with Gasteiger partial charge in [-0.05, 0) is 0 Å². The van der Waals surface area contributed by atoms with Crippen molar-refractivity contribution >= 4 is 9.24 Å². The van der Waals surface area contributed by atoms with E-state index in [-0.39, 0.29) is 17.8 Å². The molecule has 1 fully saturated rings. The maximum Gasteiger partial charge on any atom is 0.170 e. The van der Waals surface area contributed by atoms with Crippen LogP contribution in [-0.4, -0.2) is 23.3 Å². The van der Waals surface area contributed by atoms with Gasteiger partial charge < -0.3 is 15.6 Å². The predicted octanol–water partition coefficient (Wildman–Crippen LogP) is -0.500. The summed E-state index contributed by atoms with van der Waals surface area (Å²) in [5.41, 5.74) is 5.52. The standard InChI is InChI=1S/C5H12NO2P/c1-2-3(6)4(7)8-5(2)9/h2-5,7H,6,9H2,1H3/t2-,3+,4-,5+/m1/s1. The molecule has 0 aromatic rings. The zero-order valence-electron chi connectivity index (χ0n) is 5.32. The zero-order chi connectivity index (χ0) is 7.02. The quantitative estimate of drug-likeness (QED) is 0.456. The van der Waals surface area contributed by atoms with Gasteiger partial charge in [0.15, 0.2) is 6.29 Å². The molecule has 0 aliphatic carbocycles. The van der Waals surface area contributed by atoms with Gasteiger partial charge in [0.05, 0.1) is 11.9 Å². The van der Waals surface area contributed by atoms with Crippen molar-refractivity contribution in [2.75, 3.05) is 0 Å². The lowest BCUT2D eigenvalue weighted by atomic mass is 10.1. The van der Waals surface area contributed by atoms with E-state index in [1.807, 2.05) is 6.92 Å². The molecule has 1 heterocycles. The summed E-state index contributed by atoms with van der Waals surface area (Å²) in [6.45, 7) is 1.96. The first-order valence-electron chi connectivity index (χ1n) is 2.97. The van der Waals surface area contributed by atoms with Crippen LogP contribution in [0, 0.1) is 5.92 Å². The van der Waals surface area contributed by atoms with Gasteiger partial charge in [0.1, 0.15) is 0 Å². The summed E-state index contributed by atoms with van der Waals surface area (Å²) < 4.78 is 4.98. The number of nitrogens with two attached hydrogens (primary N) is 1. The molecule has 1 saturated heterocycles. The summed E-state index contributed by atoms with van der Waals surface area (Å²) in [4.78, 5) is 0. The second-order valence-electron chi connectivity index (χ2n) is 2.43. The Morgan fingerprint density at radius 3 is 2.33 bits per heavy atom. The lowest BCUT2D eigenvalue weighted by Gasteiger charge is -2.09. The molecule has 5 atom stereocenters. The Bertz CT molecular complexity index is 99.1. The van der Waals surface area contributed by atoms with E-state index in [4.69, 9.17) is 15.6 Å². The van der Waals surface area contributed by atoms with E-state index >= 15 is 0 Å². The van der Waals surface area contributed by atoms with E-state index in [1.54, 1.807) is 0 Å². The molecule has 3 N–H and O–H groups in total. The van der Waals surface area contributed by atoms with Crippen molar-refractivity contribution in [3.8, 4) is 0 Å². The Kier molecular flexibility index (Phi) is 2.07. The molecule has 0 saturated carbocycles. The molecule has 3 nitrogen and oxygen atoms in total. The fraction of sp³-hybridized carbons (Fsp3) is 1.00. The van der Waals surface area contributed by atoms with Gasteiger partial charge in [0.25, 0.3) is 0 Å². The molecule has 1 aliphatic heterocycles. The third-order valence-electron chi connectivity index (χ3n) is 1.75. The van der Waals surface area contributed by atoms with E-state index in [9.17, 15) is 0 Å². The van der Waals surface area contributed by atoms with Crippen LogP contribution in [0.1, 0.15) is 6.92 Å². The van der Waals surface area contributed by atoms with Gasteiger partial charge in [0, 0.05) is 5.92 Å². The molecule has 4 heteroatoms. The number of hydrogen-bond donors (Lipinski definition) is 2. The number of aliphatic hydroxyl groups excluding tert-OH is 1. The van der Waals surface area contributed by atoms with E-state index in [0.29, 0.717) is 0 Å². The van der Waals surface area contributed by atoms with Gasteiger partial charge in [-0.25, -0.2) is 0 Å². The highest BCUT2D eigenvalue weighted by Gasteiger charge is 2.35. The van der Waals surface area contributed by atoms with Crippen molar-refractivity contribution in [1.82, 2.24) is 0 Å². The lowest BCUT2D eigenvalue weighted by Crippen LogP contribution is -2.34. The van der Waals surface area contributed by atoms with Gasteiger partial charge in [-0.15, -0.1) is 9.24 Å². The molecule has 1 aliphatic rings. The van der Waals surface area contributed by atoms with Gasteiger partial charge in [-0.3, -0.25) is 0 Å². The molecule has 1 unspecified atom stereocenters. The van der Waals surface area contributed by atoms with Crippen LogP contribution in [0.15, 0.2) is 0 Å².